The molecule has 0 radical (unpaired) electrons. The second-order valence-corrected chi connectivity index (χ2v) is 5.56. The van der Waals surface area contributed by atoms with E-state index in [1.165, 1.54) is 0 Å². The van der Waals surface area contributed by atoms with Gasteiger partial charge in [-0.05, 0) is 39.3 Å². The molecule has 0 heterocycles. The van der Waals surface area contributed by atoms with E-state index in [1.807, 2.05) is 32.9 Å². The highest BCUT2D eigenvalue weighted by molar-refractivity contribution is 5.76. The molecule has 0 aliphatic rings. The molecule has 2 N–H and O–H groups in total. The number of rotatable bonds is 9. The summed E-state index contributed by atoms with van der Waals surface area (Å²) in [6, 6.07) is 6.31. The Balaban J connectivity index is 2.54. The lowest BCUT2D eigenvalue weighted by Crippen LogP contribution is -2.31. The number of hydrogen-bond donors (Lipinski definition) is 2. The number of benzene rings is 1. The zero-order valence-electron chi connectivity index (χ0n) is 13.7. The molecule has 21 heavy (non-hydrogen) atoms. The number of hydrogen-bond acceptors (Lipinski definition) is 3. The van der Waals surface area contributed by atoms with Crippen molar-refractivity contribution in [3.63, 3.8) is 0 Å². The monoisotopic (exact) mass is 292 g/mol. The van der Waals surface area contributed by atoms with E-state index in [2.05, 4.69) is 23.6 Å². The summed E-state index contributed by atoms with van der Waals surface area (Å²) in [4.78, 5) is 11.6. The number of amides is 1. The highest BCUT2D eigenvalue weighted by Crippen LogP contribution is 2.23. The quantitative estimate of drug-likeness (QED) is 0.688. The summed E-state index contributed by atoms with van der Waals surface area (Å²) in [5.74, 6) is 0.933. The Morgan fingerprint density at radius 3 is 2.76 bits per heavy atom. The third-order valence-corrected chi connectivity index (χ3v) is 3.06. The molecule has 0 fully saturated rings. The van der Waals surface area contributed by atoms with Crippen LogP contribution < -0.4 is 15.4 Å². The first-order chi connectivity index (χ1) is 10.0. The first-order valence-electron chi connectivity index (χ1n) is 7.76. The van der Waals surface area contributed by atoms with Crippen LogP contribution in [-0.4, -0.2) is 25.1 Å². The normalized spacial score (nSPS) is 10.7. The zero-order valence-corrected chi connectivity index (χ0v) is 13.7. The van der Waals surface area contributed by atoms with Gasteiger partial charge in [0.15, 0.2) is 0 Å². The molecule has 0 aliphatic heterocycles. The van der Waals surface area contributed by atoms with Gasteiger partial charge in [-0.1, -0.05) is 25.1 Å². The molecule has 4 nitrogen and oxygen atoms in total. The molecule has 118 valence electrons. The van der Waals surface area contributed by atoms with Gasteiger partial charge in [-0.25, -0.2) is 0 Å². The predicted molar refractivity (Wildman–Crippen MR) is 86.6 cm³/mol. The Morgan fingerprint density at radius 2 is 2.10 bits per heavy atom. The van der Waals surface area contributed by atoms with Gasteiger partial charge in [-0.15, -0.1) is 0 Å². The number of carbonyl (C=O) groups excluding carboxylic acids is 1. The molecule has 0 aromatic heterocycles. The van der Waals surface area contributed by atoms with Crippen molar-refractivity contribution >= 4 is 5.91 Å². The molecule has 0 saturated carbocycles. The summed E-state index contributed by atoms with van der Waals surface area (Å²) in [7, 11) is 0. The Bertz CT molecular complexity index is 444. The fourth-order valence-electron chi connectivity index (χ4n) is 2.10. The maximum Gasteiger partial charge on any atom is 0.223 e. The minimum absolute atomic E-state index is 0.0317. The third kappa shape index (κ3) is 6.63. The largest absolute Gasteiger partial charge is 0.492 e. The summed E-state index contributed by atoms with van der Waals surface area (Å²) in [6.45, 7) is 10.3. The second-order valence-electron chi connectivity index (χ2n) is 5.56. The van der Waals surface area contributed by atoms with Crippen LogP contribution in [-0.2, 0) is 11.3 Å². The molecular formula is C17H28N2O2. The summed E-state index contributed by atoms with van der Waals surface area (Å²) in [6.07, 6.45) is 1.49. The first-order valence-corrected chi connectivity index (χ1v) is 7.76. The molecule has 0 bridgehead atoms. The minimum Gasteiger partial charge on any atom is -0.492 e. The van der Waals surface area contributed by atoms with Gasteiger partial charge in [0.25, 0.3) is 0 Å². The Kier molecular flexibility index (Phi) is 7.83. The van der Waals surface area contributed by atoms with Gasteiger partial charge in [-0.3, -0.25) is 4.79 Å². The minimum atomic E-state index is 0.0317. The van der Waals surface area contributed by atoms with Crippen LogP contribution in [0, 0.1) is 6.92 Å². The number of carbonyl (C=O) groups is 1. The molecule has 1 aromatic rings. The smallest absolute Gasteiger partial charge is 0.223 e. The molecule has 4 heteroatoms. The van der Waals surface area contributed by atoms with E-state index < -0.39 is 0 Å². The molecule has 1 rings (SSSR count). The summed E-state index contributed by atoms with van der Waals surface area (Å²) >= 11 is 0. The van der Waals surface area contributed by atoms with Crippen LogP contribution in [0.15, 0.2) is 18.2 Å². The fraction of sp³-hybridized carbons (Fsp3) is 0.588. The number of ether oxygens (including phenoxy) is 1. The fourth-order valence-corrected chi connectivity index (χ4v) is 2.10. The van der Waals surface area contributed by atoms with Gasteiger partial charge >= 0.3 is 0 Å². The van der Waals surface area contributed by atoms with E-state index in [-0.39, 0.29) is 11.9 Å². The van der Waals surface area contributed by atoms with Crippen LogP contribution in [0.1, 0.15) is 44.7 Å². The molecule has 1 amide bonds. The van der Waals surface area contributed by atoms with Crippen LogP contribution in [0.3, 0.4) is 0 Å². The van der Waals surface area contributed by atoms with Crippen LogP contribution in [0.4, 0.5) is 0 Å². The van der Waals surface area contributed by atoms with Crippen molar-refractivity contribution in [2.24, 2.45) is 0 Å². The van der Waals surface area contributed by atoms with Gasteiger partial charge in [-0.2, -0.15) is 0 Å². The van der Waals surface area contributed by atoms with E-state index in [1.54, 1.807) is 0 Å². The molecule has 0 atom stereocenters. The van der Waals surface area contributed by atoms with Gasteiger partial charge in [0.2, 0.25) is 5.91 Å². The molecule has 1 aromatic carbocycles. The van der Waals surface area contributed by atoms with Crippen molar-refractivity contribution in [2.45, 2.75) is 53.1 Å². The van der Waals surface area contributed by atoms with Crippen molar-refractivity contribution in [2.75, 3.05) is 13.2 Å². The van der Waals surface area contributed by atoms with Crippen LogP contribution >= 0.6 is 0 Å². The van der Waals surface area contributed by atoms with Gasteiger partial charge in [0.05, 0.1) is 13.0 Å². The second kappa shape index (κ2) is 9.40. The van der Waals surface area contributed by atoms with Crippen molar-refractivity contribution in [3.05, 3.63) is 29.3 Å². The van der Waals surface area contributed by atoms with Crippen molar-refractivity contribution in [3.8, 4) is 5.75 Å². The van der Waals surface area contributed by atoms with Crippen molar-refractivity contribution in [1.82, 2.24) is 10.6 Å². The first kappa shape index (κ1) is 17.5. The lowest BCUT2D eigenvalue weighted by atomic mass is 10.1. The maximum absolute atomic E-state index is 11.6. The number of aryl methyl sites for hydroxylation is 1. The molecule has 0 unspecified atom stereocenters. The standard InChI is InChI=1S/C17H28N2O2/c1-5-10-18-12-15-8-6-7-14(4)17(15)21-11-9-16(20)19-13(2)3/h6-8,13,18H,5,9-12H2,1-4H3,(H,19,20). The summed E-state index contributed by atoms with van der Waals surface area (Å²) < 4.78 is 5.85. The summed E-state index contributed by atoms with van der Waals surface area (Å²) in [5, 5.41) is 6.25. The predicted octanol–water partition coefficient (Wildman–Crippen LogP) is 2.79. The van der Waals surface area contributed by atoms with Gasteiger partial charge in [0.1, 0.15) is 5.75 Å². The van der Waals surface area contributed by atoms with Gasteiger partial charge < -0.3 is 15.4 Å². The SMILES string of the molecule is CCCNCc1cccc(C)c1OCCC(=O)NC(C)C. The lowest BCUT2D eigenvalue weighted by molar-refractivity contribution is -0.122. The molecule has 0 aliphatic carbocycles. The van der Waals surface area contributed by atoms with Gasteiger partial charge in [0, 0.05) is 18.2 Å². The highest BCUT2D eigenvalue weighted by atomic mass is 16.5. The van der Waals surface area contributed by atoms with Crippen LogP contribution in [0.2, 0.25) is 0 Å². The third-order valence-electron chi connectivity index (χ3n) is 3.06. The highest BCUT2D eigenvalue weighted by Gasteiger charge is 2.08. The van der Waals surface area contributed by atoms with Crippen LogP contribution in [0.25, 0.3) is 0 Å². The topological polar surface area (TPSA) is 50.4 Å². The zero-order chi connectivity index (χ0) is 15.7. The maximum atomic E-state index is 11.6. The van der Waals surface area contributed by atoms with Crippen molar-refractivity contribution in [1.29, 1.82) is 0 Å². The Hall–Kier alpha value is -1.55. The number of para-hydroxylation sites is 1. The number of nitrogens with one attached hydrogen (secondary N) is 2. The average molecular weight is 292 g/mol. The van der Waals surface area contributed by atoms with E-state index in [0.29, 0.717) is 13.0 Å². The van der Waals surface area contributed by atoms with E-state index in [9.17, 15) is 4.79 Å². The van der Waals surface area contributed by atoms with Crippen molar-refractivity contribution < 1.29 is 9.53 Å². The Labute approximate surface area is 128 Å². The van der Waals surface area contributed by atoms with E-state index in [4.69, 9.17) is 4.74 Å². The molecular weight excluding hydrogens is 264 g/mol. The lowest BCUT2D eigenvalue weighted by Gasteiger charge is -2.15. The molecule has 0 spiro atoms. The van der Waals surface area contributed by atoms with E-state index >= 15 is 0 Å². The van der Waals surface area contributed by atoms with Crippen LogP contribution in [0.5, 0.6) is 5.75 Å². The summed E-state index contributed by atoms with van der Waals surface area (Å²) in [5.41, 5.74) is 2.25. The van der Waals surface area contributed by atoms with E-state index in [0.717, 1.165) is 36.4 Å². The average Bonchev–Trinajstić information content (AvgIpc) is 2.41. The molecule has 0 saturated heterocycles. The Morgan fingerprint density at radius 1 is 1.33 bits per heavy atom.